The number of carbonyl (C=O) groups is 2. The molecule has 6 N–H and O–H groups in total. The van der Waals surface area contributed by atoms with E-state index in [1.54, 1.807) is 13.8 Å². The van der Waals surface area contributed by atoms with E-state index >= 15 is 0 Å². The number of aliphatic hydroxyl groups excluding tert-OH is 2. The van der Waals surface area contributed by atoms with Crippen LogP contribution in [0.15, 0.2) is 16.8 Å². The summed E-state index contributed by atoms with van der Waals surface area (Å²) < 4.78 is 5.40. The number of aliphatic hydroxyl groups is 2. The summed E-state index contributed by atoms with van der Waals surface area (Å²) in [5.74, 6) is -2.40. The zero-order chi connectivity index (χ0) is 18.6. The van der Waals surface area contributed by atoms with Gasteiger partial charge in [0.15, 0.2) is 0 Å². The number of nitrogens with two attached hydrogens (primary N) is 1. The van der Waals surface area contributed by atoms with Gasteiger partial charge in [-0.05, 0) is 19.9 Å². The molecule has 0 aromatic carbocycles. The lowest BCUT2D eigenvalue weighted by atomic mass is 9.92. The van der Waals surface area contributed by atoms with Gasteiger partial charge in [0, 0.05) is 5.92 Å². The number of hydrogen-bond acceptors (Lipinski definition) is 6. The first-order valence-corrected chi connectivity index (χ1v) is 7.62. The molecule has 0 aromatic rings. The van der Waals surface area contributed by atoms with E-state index in [4.69, 9.17) is 15.6 Å². The molecule has 1 aliphatic heterocycles. The number of amides is 1. The lowest BCUT2D eigenvalue weighted by molar-refractivity contribution is -0.141. The number of carboxylic acids is 1. The van der Waals surface area contributed by atoms with Crippen LogP contribution in [0.2, 0.25) is 0 Å². The molecule has 1 amide bonds. The van der Waals surface area contributed by atoms with Crippen molar-refractivity contribution in [2.24, 2.45) is 16.6 Å². The average Bonchev–Trinajstić information content (AvgIpc) is 2.45. The average molecular weight is 343 g/mol. The maximum atomic E-state index is 12.0. The lowest BCUT2D eigenvalue weighted by Gasteiger charge is -2.38. The first-order valence-electron chi connectivity index (χ1n) is 7.62. The van der Waals surface area contributed by atoms with Gasteiger partial charge in [0.1, 0.15) is 18.2 Å². The molecule has 0 saturated carbocycles. The van der Waals surface area contributed by atoms with Crippen molar-refractivity contribution in [3.63, 3.8) is 0 Å². The van der Waals surface area contributed by atoms with Crippen LogP contribution in [0.4, 0.5) is 0 Å². The normalized spacial score (nSPS) is 27.0. The Bertz CT molecular complexity index is 539. The van der Waals surface area contributed by atoms with Gasteiger partial charge < -0.3 is 31.1 Å². The Morgan fingerprint density at radius 2 is 1.96 bits per heavy atom. The van der Waals surface area contributed by atoms with Crippen molar-refractivity contribution < 1.29 is 29.6 Å². The second-order valence-electron chi connectivity index (χ2n) is 6.10. The minimum atomic E-state index is -1.37. The smallest absolute Gasteiger partial charge is 0.370 e. The molecule has 0 radical (unpaired) electrons. The Labute approximate surface area is 140 Å². The number of ether oxygens (including phenoxy) is 1. The maximum Gasteiger partial charge on any atom is 0.370 e. The first-order chi connectivity index (χ1) is 11.0. The van der Waals surface area contributed by atoms with Crippen LogP contribution < -0.4 is 11.1 Å². The number of nitrogens with zero attached hydrogens (tertiary/aromatic N) is 1. The SMILES string of the molecule is CC(N)=N[C@@H]1C([C@@H](NC(=O)C(C)C)[C@H](C)O)OC(C(=O)O)=C[C@@H]1O. The van der Waals surface area contributed by atoms with Crippen molar-refractivity contribution in [1.82, 2.24) is 5.32 Å². The van der Waals surface area contributed by atoms with E-state index in [0.29, 0.717) is 0 Å². The number of rotatable bonds is 6. The molecule has 0 bridgehead atoms. The summed E-state index contributed by atoms with van der Waals surface area (Å²) >= 11 is 0. The number of aliphatic carboxylic acids is 1. The van der Waals surface area contributed by atoms with E-state index in [1.165, 1.54) is 13.8 Å². The van der Waals surface area contributed by atoms with Crippen LogP contribution >= 0.6 is 0 Å². The van der Waals surface area contributed by atoms with E-state index < -0.39 is 42.1 Å². The molecule has 0 aliphatic carbocycles. The van der Waals surface area contributed by atoms with Crippen molar-refractivity contribution in [3.8, 4) is 0 Å². The molecule has 24 heavy (non-hydrogen) atoms. The van der Waals surface area contributed by atoms with Crippen LogP contribution in [0, 0.1) is 5.92 Å². The molecule has 1 unspecified atom stereocenters. The standard InChI is InChI=1S/C15H25N3O6/c1-6(2)14(21)18-11(7(3)19)13-12(17-8(4)16)9(20)5-10(24-13)15(22)23/h5-7,9,11-13,19-20H,1-4H3,(H2,16,17)(H,18,21)(H,22,23)/t7-,9-,11-,12-,13?/m0/s1. The molecule has 1 aliphatic rings. The molecule has 136 valence electrons. The van der Waals surface area contributed by atoms with Gasteiger partial charge in [0.05, 0.1) is 18.0 Å². The van der Waals surface area contributed by atoms with Gasteiger partial charge in [-0.15, -0.1) is 0 Å². The summed E-state index contributed by atoms with van der Waals surface area (Å²) in [4.78, 5) is 27.2. The Balaban J connectivity index is 3.23. The maximum absolute atomic E-state index is 12.0. The summed E-state index contributed by atoms with van der Waals surface area (Å²) in [6.45, 7) is 6.28. The van der Waals surface area contributed by atoms with Crippen LogP contribution in [0.1, 0.15) is 27.7 Å². The third-order valence-corrected chi connectivity index (χ3v) is 3.54. The van der Waals surface area contributed by atoms with Gasteiger partial charge in [0.25, 0.3) is 0 Å². The molecular weight excluding hydrogens is 318 g/mol. The van der Waals surface area contributed by atoms with E-state index in [-0.39, 0.29) is 17.7 Å². The van der Waals surface area contributed by atoms with Crippen LogP contribution in [-0.2, 0) is 14.3 Å². The predicted molar refractivity (Wildman–Crippen MR) is 86.1 cm³/mol. The molecule has 9 heteroatoms. The summed E-state index contributed by atoms with van der Waals surface area (Å²) in [6.07, 6.45) is -2.45. The Morgan fingerprint density at radius 3 is 2.38 bits per heavy atom. The summed E-state index contributed by atoms with van der Waals surface area (Å²) in [6, 6.07) is -1.95. The van der Waals surface area contributed by atoms with Crippen molar-refractivity contribution >= 4 is 17.7 Å². The zero-order valence-corrected chi connectivity index (χ0v) is 14.1. The second-order valence-corrected chi connectivity index (χ2v) is 6.10. The minimum Gasteiger partial charge on any atom is -0.479 e. The molecule has 0 fully saturated rings. The highest BCUT2D eigenvalue weighted by atomic mass is 16.5. The number of carboxylic acid groups (broad SMARTS) is 1. The lowest BCUT2D eigenvalue weighted by Crippen LogP contribution is -2.59. The minimum absolute atomic E-state index is 0.152. The van der Waals surface area contributed by atoms with Gasteiger partial charge in [-0.1, -0.05) is 13.8 Å². The van der Waals surface area contributed by atoms with Crippen molar-refractivity contribution in [3.05, 3.63) is 11.8 Å². The van der Waals surface area contributed by atoms with E-state index in [1.807, 2.05) is 0 Å². The molecule has 9 nitrogen and oxygen atoms in total. The third kappa shape index (κ3) is 4.93. The largest absolute Gasteiger partial charge is 0.479 e. The monoisotopic (exact) mass is 343 g/mol. The number of nitrogens with one attached hydrogen (secondary N) is 1. The predicted octanol–water partition coefficient (Wildman–Crippen LogP) is -1.02. The third-order valence-electron chi connectivity index (χ3n) is 3.54. The van der Waals surface area contributed by atoms with Gasteiger partial charge in [0.2, 0.25) is 11.7 Å². The quantitative estimate of drug-likeness (QED) is 0.305. The molecule has 0 saturated heterocycles. The van der Waals surface area contributed by atoms with Crippen LogP contribution in [0.3, 0.4) is 0 Å². The topological polar surface area (TPSA) is 154 Å². The number of carbonyl (C=O) groups excluding carboxylic acids is 1. The molecule has 1 heterocycles. The highest BCUT2D eigenvalue weighted by Gasteiger charge is 2.43. The Hall–Kier alpha value is -2.13. The zero-order valence-electron chi connectivity index (χ0n) is 14.1. The number of hydrogen-bond donors (Lipinski definition) is 5. The molecule has 5 atom stereocenters. The highest BCUT2D eigenvalue weighted by molar-refractivity contribution is 5.85. The van der Waals surface area contributed by atoms with E-state index in [0.717, 1.165) is 6.08 Å². The summed E-state index contributed by atoms with van der Waals surface area (Å²) in [5.41, 5.74) is 5.56. The van der Waals surface area contributed by atoms with Gasteiger partial charge in [-0.25, -0.2) is 4.79 Å². The van der Waals surface area contributed by atoms with Gasteiger partial charge >= 0.3 is 5.97 Å². The Morgan fingerprint density at radius 1 is 1.38 bits per heavy atom. The molecule has 1 rings (SSSR count). The summed E-state index contributed by atoms with van der Waals surface area (Å²) in [5, 5.41) is 32.0. The molecule has 0 spiro atoms. The van der Waals surface area contributed by atoms with Crippen LogP contribution in [-0.4, -0.2) is 63.4 Å². The van der Waals surface area contributed by atoms with Crippen molar-refractivity contribution in [2.45, 2.75) is 58.1 Å². The van der Waals surface area contributed by atoms with Gasteiger partial charge in [-0.2, -0.15) is 0 Å². The highest BCUT2D eigenvalue weighted by Crippen LogP contribution is 2.25. The van der Waals surface area contributed by atoms with Gasteiger partial charge in [-0.3, -0.25) is 9.79 Å². The molecule has 0 aromatic heterocycles. The fraction of sp³-hybridized carbons (Fsp3) is 0.667. The number of aliphatic imine (C=N–C) groups is 1. The number of amidine groups is 1. The molecular formula is C15H25N3O6. The summed E-state index contributed by atoms with van der Waals surface area (Å²) in [7, 11) is 0. The van der Waals surface area contributed by atoms with Crippen LogP contribution in [0.5, 0.6) is 0 Å². The Kier molecular flexibility index (Phi) is 6.73. The van der Waals surface area contributed by atoms with E-state index in [9.17, 15) is 19.8 Å². The first kappa shape index (κ1) is 19.9. The fourth-order valence-corrected chi connectivity index (χ4v) is 2.30. The second kappa shape index (κ2) is 8.11. The fourth-order valence-electron chi connectivity index (χ4n) is 2.30. The van der Waals surface area contributed by atoms with Crippen molar-refractivity contribution in [2.75, 3.05) is 0 Å². The van der Waals surface area contributed by atoms with E-state index in [2.05, 4.69) is 10.3 Å². The van der Waals surface area contributed by atoms with Crippen molar-refractivity contribution in [1.29, 1.82) is 0 Å². The van der Waals surface area contributed by atoms with Crippen LogP contribution in [0.25, 0.3) is 0 Å².